The fourth-order valence-electron chi connectivity index (χ4n) is 1.40. The quantitative estimate of drug-likeness (QED) is 0.709. The number of carbonyl (C=O) groups excluding carboxylic acids is 1. The second kappa shape index (κ2) is 3.95. The summed E-state index contributed by atoms with van der Waals surface area (Å²) in [7, 11) is 0. The molecule has 0 fully saturated rings. The predicted molar refractivity (Wildman–Crippen MR) is 58.9 cm³/mol. The van der Waals surface area contributed by atoms with Gasteiger partial charge < -0.3 is 0 Å². The van der Waals surface area contributed by atoms with Crippen molar-refractivity contribution in [3.63, 3.8) is 0 Å². The molecule has 0 unspecified atom stereocenters. The van der Waals surface area contributed by atoms with Gasteiger partial charge in [0.1, 0.15) is 5.82 Å². The van der Waals surface area contributed by atoms with Crippen molar-refractivity contribution in [2.24, 2.45) is 0 Å². The fourth-order valence-corrected chi connectivity index (χ4v) is 2.04. The zero-order valence-corrected chi connectivity index (χ0v) is 8.98. The van der Waals surface area contributed by atoms with Crippen molar-refractivity contribution < 1.29 is 9.18 Å². The highest BCUT2D eigenvalue weighted by Crippen LogP contribution is 2.18. The van der Waals surface area contributed by atoms with E-state index in [4.69, 9.17) is 0 Å². The van der Waals surface area contributed by atoms with Crippen molar-refractivity contribution in [1.29, 1.82) is 0 Å². The zero-order chi connectivity index (χ0) is 10.8. The van der Waals surface area contributed by atoms with Crippen LogP contribution in [0.15, 0.2) is 35.0 Å². The third kappa shape index (κ3) is 1.83. The van der Waals surface area contributed by atoms with E-state index < -0.39 is 0 Å². The number of carbonyl (C=O) groups is 1. The lowest BCUT2D eigenvalue weighted by molar-refractivity contribution is 0.103. The van der Waals surface area contributed by atoms with Crippen LogP contribution in [-0.4, -0.2) is 5.78 Å². The summed E-state index contributed by atoms with van der Waals surface area (Å²) in [6.07, 6.45) is 0. The summed E-state index contributed by atoms with van der Waals surface area (Å²) in [5, 5.41) is 3.61. The molecule has 0 amide bonds. The summed E-state index contributed by atoms with van der Waals surface area (Å²) in [5.74, 6) is -0.454. The first kappa shape index (κ1) is 10.1. The van der Waals surface area contributed by atoms with Crippen LogP contribution >= 0.6 is 11.3 Å². The van der Waals surface area contributed by atoms with Gasteiger partial charge in [0.2, 0.25) is 0 Å². The number of hydrogen-bond donors (Lipinski definition) is 0. The molecule has 1 aromatic carbocycles. The molecule has 0 saturated carbocycles. The zero-order valence-electron chi connectivity index (χ0n) is 8.16. The monoisotopic (exact) mass is 220 g/mol. The first-order valence-electron chi connectivity index (χ1n) is 4.52. The van der Waals surface area contributed by atoms with Gasteiger partial charge in [-0.1, -0.05) is 12.1 Å². The molecule has 0 bridgehead atoms. The van der Waals surface area contributed by atoms with E-state index in [0.29, 0.717) is 16.7 Å². The summed E-state index contributed by atoms with van der Waals surface area (Å²) in [6.45, 7) is 1.62. The lowest BCUT2D eigenvalue weighted by Gasteiger charge is -2.03. The van der Waals surface area contributed by atoms with E-state index in [1.165, 1.54) is 17.4 Å². The largest absolute Gasteiger partial charge is 0.289 e. The van der Waals surface area contributed by atoms with E-state index in [0.717, 1.165) is 0 Å². The van der Waals surface area contributed by atoms with Gasteiger partial charge in [0, 0.05) is 16.5 Å². The van der Waals surface area contributed by atoms with Crippen LogP contribution in [0.3, 0.4) is 0 Å². The van der Waals surface area contributed by atoms with Crippen molar-refractivity contribution in [2.45, 2.75) is 6.92 Å². The SMILES string of the molecule is Cc1c(F)cccc1C(=O)c1ccsc1. The standard InChI is InChI=1S/C12H9FOS/c1-8-10(3-2-4-11(8)13)12(14)9-5-6-15-7-9/h2-7H,1H3. The second-order valence-corrected chi connectivity index (χ2v) is 4.03. The van der Waals surface area contributed by atoms with Gasteiger partial charge in [0.05, 0.1) is 0 Å². The molecule has 0 aliphatic carbocycles. The van der Waals surface area contributed by atoms with Gasteiger partial charge >= 0.3 is 0 Å². The molecule has 0 radical (unpaired) electrons. The highest BCUT2D eigenvalue weighted by molar-refractivity contribution is 7.08. The second-order valence-electron chi connectivity index (χ2n) is 3.25. The van der Waals surface area contributed by atoms with Gasteiger partial charge in [-0.05, 0) is 30.0 Å². The number of halogens is 1. The number of rotatable bonds is 2. The predicted octanol–water partition coefficient (Wildman–Crippen LogP) is 3.43. The minimum atomic E-state index is -0.337. The van der Waals surface area contributed by atoms with Crippen molar-refractivity contribution in [2.75, 3.05) is 0 Å². The van der Waals surface area contributed by atoms with E-state index in [-0.39, 0.29) is 11.6 Å². The Morgan fingerprint density at radius 2 is 2.13 bits per heavy atom. The highest BCUT2D eigenvalue weighted by Gasteiger charge is 2.13. The molecule has 76 valence electrons. The smallest absolute Gasteiger partial charge is 0.194 e. The maximum atomic E-state index is 13.2. The molecule has 3 heteroatoms. The van der Waals surface area contributed by atoms with Gasteiger partial charge in [0.15, 0.2) is 5.78 Å². The van der Waals surface area contributed by atoms with Gasteiger partial charge in [-0.3, -0.25) is 4.79 Å². The molecule has 2 aromatic rings. The fraction of sp³-hybridized carbons (Fsp3) is 0.0833. The van der Waals surface area contributed by atoms with Crippen LogP contribution in [0.1, 0.15) is 21.5 Å². The van der Waals surface area contributed by atoms with Crippen molar-refractivity contribution in [1.82, 2.24) is 0 Å². The van der Waals surface area contributed by atoms with Gasteiger partial charge in [-0.2, -0.15) is 11.3 Å². The first-order valence-corrected chi connectivity index (χ1v) is 5.46. The number of hydrogen-bond acceptors (Lipinski definition) is 2. The van der Waals surface area contributed by atoms with Crippen LogP contribution in [-0.2, 0) is 0 Å². The third-order valence-corrected chi connectivity index (χ3v) is 2.98. The van der Waals surface area contributed by atoms with Crippen LogP contribution in [0.2, 0.25) is 0 Å². The Bertz CT molecular complexity index is 488. The normalized spacial score (nSPS) is 10.3. The van der Waals surface area contributed by atoms with Crippen molar-refractivity contribution in [3.05, 3.63) is 57.5 Å². The Labute approximate surface area is 91.2 Å². The molecule has 0 aliphatic rings. The van der Waals surface area contributed by atoms with Gasteiger partial charge in [0.25, 0.3) is 0 Å². The summed E-state index contributed by atoms with van der Waals surface area (Å²) in [6, 6.07) is 6.32. The Balaban J connectivity index is 2.47. The van der Waals surface area contributed by atoms with Crippen LogP contribution < -0.4 is 0 Å². The molecule has 1 aromatic heterocycles. The molecule has 1 heterocycles. The van der Waals surface area contributed by atoms with Crippen LogP contribution in [0.5, 0.6) is 0 Å². The topological polar surface area (TPSA) is 17.1 Å². The van der Waals surface area contributed by atoms with E-state index in [1.54, 1.807) is 30.5 Å². The maximum Gasteiger partial charge on any atom is 0.194 e. The Kier molecular flexibility index (Phi) is 2.64. The summed E-state index contributed by atoms with van der Waals surface area (Å²) in [4.78, 5) is 11.9. The summed E-state index contributed by atoms with van der Waals surface area (Å²) >= 11 is 1.46. The maximum absolute atomic E-state index is 13.2. The lowest BCUT2D eigenvalue weighted by atomic mass is 10.0. The molecule has 0 spiro atoms. The minimum Gasteiger partial charge on any atom is -0.289 e. The summed E-state index contributed by atoms with van der Waals surface area (Å²) < 4.78 is 13.2. The molecule has 15 heavy (non-hydrogen) atoms. The first-order chi connectivity index (χ1) is 7.20. The Morgan fingerprint density at radius 1 is 1.33 bits per heavy atom. The highest BCUT2D eigenvalue weighted by atomic mass is 32.1. The van der Waals surface area contributed by atoms with Crippen molar-refractivity contribution >= 4 is 17.1 Å². The number of thiophene rings is 1. The molecule has 2 rings (SSSR count). The summed E-state index contributed by atoms with van der Waals surface area (Å²) in [5.41, 5.74) is 1.47. The van der Waals surface area contributed by atoms with E-state index in [2.05, 4.69) is 0 Å². The Morgan fingerprint density at radius 3 is 2.80 bits per heavy atom. The van der Waals surface area contributed by atoms with Crippen molar-refractivity contribution in [3.8, 4) is 0 Å². The molecular weight excluding hydrogens is 211 g/mol. The van der Waals surface area contributed by atoms with Crippen LogP contribution in [0.25, 0.3) is 0 Å². The van der Waals surface area contributed by atoms with Gasteiger partial charge in [-0.25, -0.2) is 4.39 Å². The van der Waals surface area contributed by atoms with E-state index >= 15 is 0 Å². The molecule has 0 saturated heterocycles. The molecule has 0 N–H and O–H groups in total. The van der Waals surface area contributed by atoms with E-state index in [1.807, 2.05) is 5.38 Å². The lowest BCUT2D eigenvalue weighted by Crippen LogP contribution is -2.03. The van der Waals surface area contributed by atoms with Crippen LogP contribution in [0.4, 0.5) is 4.39 Å². The molecular formula is C12H9FOS. The van der Waals surface area contributed by atoms with Gasteiger partial charge in [-0.15, -0.1) is 0 Å². The third-order valence-electron chi connectivity index (χ3n) is 2.30. The Hall–Kier alpha value is -1.48. The minimum absolute atomic E-state index is 0.117. The average Bonchev–Trinajstić information content (AvgIpc) is 2.74. The molecule has 1 nitrogen and oxygen atoms in total. The number of benzene rings is 1. The van der Waals surface area contributed by atoms with Crippen LogP contribution in [0, 0.1) is 12.7 Å². The molecule has 0 atom stereocenters. The number of ketones is 1. The van der Waals surface area contributed by atoms with E-state index in [9.17, 15) is 9.18 Å². The average molecular weight is 220 g/mol. The molecule has 0 aliphatic heterocycles.